The summed E-state index contributed by atoms with van der Waals surface area (Å²) < 4.78 is 4.53. The summed E-state index contributed by atoms with van der Waals surface area (Å²) in [4.78, 5) is 22.7. The number of esters is 1. The number of nitrogens with one attached hydrogen (secondary N) is 1. The molecule has 5 heteroatoms. The van der Waals surface area contributed by atoms with Gasteiger partial charge < -0.3 is 15.8 Å². The summed E-state index contributed by atoms with van der Waals surface area (Å²) in [6.45, 7) is 2.91. The molecule has 0 rings (SSSR count). The molecule has 5 nitrogen and oxygen atoms in total. The Kier molecular flexibility index (Phi) is 15.0. The van der Waals surface area contributed by atoms with Gasteiger partial charge in [-0.05, 0) is 12.8 Å². The number of unbranched alkanes of at least 4 members (excludes halogenated alkanes) is 9. The van der Waals surface area contributed by atoms with E-state index in [0.717, 1.165) is 12.8 Å². The number of methoxy groups -OCH3 is 1. The lowest BCUT2D eigenvalue weighted by Crippen LogP contribution is -2.41. The van der Waals surface area contributed by atoms with Crippen LogP contribution in [-0.4, -0.2) is 31.6 Å². The molecule has 23 heavy (non-hydrogen) atoms. The molecule has 0 aromatic heterocycles. The maximum atomic E-state index is 11.7. The van der Waals surface area contributed by atoms with Crippen molar-refractivity contribution in [2.75, 3.05) is 13.7 Å². The fourth-order valence-corrected chi connectivity index (χ4v) is 2.46. The number of nitrogens with two attached hydrogens (primary N) is 1. The van der Waals surface area contributed by atoms with E-state index in [1.165, 1.54) is 58.5 Å². The van der Waals surface area contributed by atoms with E-state index < -0.39 is 6.04 Å². The standard InChI is InChI=1S/C18H36N2O3/c1-3-4-5-6-7-8-9-10-11-12-15-20-18(22)16(19)13-14-17(21)23-2/h16H,3-15,19H2,1-2H3,(H,20,22). The van der Waals surface area contributed by atoms with Crippen LogP contribution in [0.25, 0.3) is 0 Å². The minimum absolute atomic E-state index is 0.176. The second kappa shape index (κ2) is 15.8. The minimum Gasteiger partial charge on any atom is -0.469 e. The molecular weight excluding hydrogens is 292 g/mol. The Hall–Kier alpha value is -1.10. The Labute approximate surface area is 141 Å². The van der Waals surface area contributed by atoms with Crippen molar-refractivity contribution in [1.29, 1.82) is 0 Å². The van der Waals surface area contributed by atoms with E-state index in [1.807, 2.05) is 0 Å². The number of rotatable bonds is 15. The third kappa shape index (κ3) is 14.2. The van der Waals surface area contributed by atoms with Crippen LogP contribution in [0.3, 0.4) is 0 Å². The molecule has 0 saturated carbocycles. The van der Waals surface area contributed by atoms with Gasteiger partial charge in [-0.3, -0.25) is 9.59 Å². The lowest BCUT2D eigenvalue weighted by molar-refractivity contribution is -0.140. The zero-order valence-electron chi connectivity index (χ0n) is 15.1. The SMILES string of the molecule is CCCCCCCCCCCCNC(=O)C(N)CCC(=O)OC. The normalized spacial score (nSPS) is 12.0. The number of hydrogen-bond donors (Lipinski definition) is 2. The van der Waals surface area contributed by atoms with Crippen molar-refractivity contribution in [3.63, 3.8) is 0 Å². The number of carbonyl (C=O) groups is 2. The average molecular weight is 328 g/mol. The van der Waals surface area contributed by atoms with Crippen molar-refractivity contribution < 1.29 is 14.3 Å². The molecule has 1 atom stereocenters. The van der Waals surface area contributed by atoms with Crippen LogP contribution in [0, 0.1) is 0 Å². The first-order valence-electron chi connectivity index (χ1n) is 9.22. The van der Waals surface area contributed by atoms with Crippen LogP contribution < -0.4 is 11.1 Å². The highest BCUT2D eigenvalue weighted by atomic mass is 16.5. The molecule has 0 heterocycles. The maximum Gasteiger partial charge on any atom is 0.305 e. The lowest BCUT2D eigenvalue weighted by Gasteiger charge is -2.11. The lowest BCUT2D eigenvalue weighted by atomic mass is 10.1. The Morgan fingerprint density at radius 1 is 0.957 bits per heavy atom. The molecule has 1 unspecified atom stereocenters. The number of hydrogen-bond acceptors (Lipinski definition) is 4. The van der Waals surface area contributed by atoms with Gasteiger partial charge >= 0.3 is 5.97 Å². The van der Waals surface area contributed by atoms with E-state index in [0.29, 0.717) is 13.0 Å². The number of carbonyl (C=O) groups excluding carboxylic acids is 2. The van der Waals surface area contributed by atoms with E-state index in [-0.39, 0.29) is 18.3 Å². The van der Waals surface area contributed by atoms with Crippen molar-refractivity contribution >= 4 is 11.9 Å². The van der Waals surface area contributed by atoms with Gasteiger partial charge in [0.25, 0.3) is 0 Å². The average Bonchev–Trinajstić information content (AvgIpc) is 2.56. The first kappa shape index (κ1) is 21.9. The van der Waals surface area contributed by atoms with E-state index >= 15 is 0 Å². The minimum atomic E-state index is -0.628. The summed E-state index contributed by atoms with van der Waals surface area (Å²) in [5.74, 6) is -0.507. The van der Waals surface area contributed by atoms with Gasteiger partial charge in [0, 0.05) is 13.0 Å². The predicted molar refractivity (Wildman–Crippen MR) is 94.1 cm³/mol. The highest BCUT2D eigenvalue weighted by Gasteiger charge is 2.14. The molecule has 0 aromatic carbocycles. The van der Waals surface area contributed by atoms with E-state index in [1.54, 1.807) is 0 Å². The Morgan fingerprint density at radius 3 is 2.00 bits per heavy atom. The fourth-order valence-electron chi connectivity index (χ4n) is 2.46. The molecular formula is C18H36N2O3. The van der Waals surface area contributed by atoms with Crippen LogP contribution in [0.2, 0.25) is 0 Å². The molecule has 0 aliphatic rings. The zero-order valence-corrected chi connectivity index (χ0v) is 15.1. The molecule has 0 radical (unpaired) electrons. The largest absolute Gasteiger partial charge is 0.469 e. The van der Waals surface area contributed by atoms with Crippen molar-refractivity contribution in [1.82, 2.24) is 5.32 Å². The number of ether oxygens (including phenoxy) is 1. The molecule has 136 valence electrons. The van der Waals surface area contributed by atoms with Crippen LogP contribution in [0.15, 0.2) is 0 Å². The second-order valence-electron chi connectivity index (χ2n) is 6.19. The molecule has 3 N–H and O–H groups in total. The summed E-state index contributed by atoms with van der Waals surface area (Å²) in [7, 11) is 1.33. The number of amides is 1. The van der Waals surface area contributed by atoms with Crippen molar-refractivity contribution in [2.45, 2.75) is 90.0 Å². The molecule has 0 spiro atoms. The van der Waals surface area contributed by atoms with Gasteiger partial charge in [0.2, 0.25) is 5.91 Å². The van der Waals surface area contributed by atoms with Crippen molar-refractivity contribution in [3.8, 4) is 0 Å². The molecule has 0 bridgehead atoms. The molecule has 0 aromatic rings. The fraction of sp³-hybridized carbons (Fsp3) is 0.889. The van der Waals surface area contributed by atoms with E-state index in [2.05, 4.69) is 17.0 Å². The van der Waals surface area contributed by atoms with Gasteiger partial charge in [-0.25, -0.2) is 0 Å². The van der Waals surface area contributed by atoms with E-state index in [9.17, 15) is 9.59 Å². The first-order valence-corrected chi connectivity index (χ1v) is 9.22. The van der Waals surface area contributed by atoms with Gasteiger partial charge in [-0.15, -0.1) is 0 Å². The summed E-state index contributed by atoms with van der Waals surface area (Å²) in [5.41, 5.74) is 5.73. The van der Waals surface area contributed by atoms with Gasteiger partial charge in [0.15, 0.2) is 0 Å². The quantitative estimate of drug-likeness (QED) is 0.357. The van der Waals surface area contributed by atoms with Gasteiger partial charge in [0.05, 0.1) is 13.2 Å². The van der Waals surface area contributed by atoms with Crippen LogP contribution in [-0.2, 0) is 14.3 Å². The smallest absolute Gasteiger partial charge is 0.305 e. The Morgan fingerprint density at radius 2 is 1.48 bits per heavy atom. The highest BCUT2D eigenvalue weighted by molar-refractivity contribution is 5.82. The first-order chi connectivity index (χ1) is 11.1. The summed E-state index contributed by atoms with van der Waals surface area (Å²) in [6.07, 6.45) is 13.3. The summed E-state index contributed by atoms with van der Waals surface area (Å²) in [6, 6.07) is -0.628. The predicted octanol–water partition coefficient (Wildman–Crippen LogP) is 3.30. The topological polar surface area (TPSA) is 81.4 Å². The van der Waals surface area contributed by atoms with Gasteiger partial charge in [-0.2, -0.15) is 0 Å². The molecule has 0 fully saturated rings. The van der Waals surface area contributed by atoms with Crippen LogP contribution in [0.5, 0.6) is 0 Å². The third-order valence-electron chi connectivity index (χ3n) is 4.05. The van der Waals surface area contributed by atoms with Gasteiger partial charge in [-0.1, -0.05) is 64.7 Å². The van der Waals surface area contributed by atoms with Crippen LogP contribution >= 0.6 is 0 Å². The van der Waals surface area contributed by atoms with Gasteiger partial charge in [0.1, 0.15) is 0 Å². The zero-order chi connectivity index (χ0) is 17.3. The molecule has 0 aliphatic carbocycles. The molecule has 0 saturated heterocycles. The van der Waals surface area contributed by atoms with Crippen molar-refractivity contribution in [3.05, 3.63) is 0 Å². The van der Waals surface area contributed by atoms with Crippen LogP contribution in [0.1, 0.15) is 84.0 Å². The Bertz CT molecular complexity index is 309. The van der Waals surface area contributed by atoms with Crippen LogP contribution in [0.4, 0.5) is 0 Å². The molecule has 1 amide bonds. The third-order valence-corrected chi connectivity index (χ3v) is 4.05. The van der Waals surface area contributed by atoms with Crippen molar-refractivity contribution in [2.24, 2.45) is 5.73 Å². The van der Waals surface area contributed by atoms with E-state index in [4.69, 9.17) is 5.73 Å². The second-order valence-corrected chi connectivity index (χ2v) is 6.19. The summed E-state index contributed by atoms with van der Waals surface area (Å²) >= 11 is 0. The monoisotopic (exact) mass is 328 g/mol. The highest BCUT2D eigenvalue weighted by Crippen LogP contribution is 2.10. The summed E-state index contributed by atoms with van der Waals surface area (Å²) in [5, 5.41) is 2.83. The molecule has 0 aliphatic heterocycles. The maximum absolute atomic E-state index is 11.7. The Balaban J connectivity index is 3.36.